The second kappa shape index (κ2) is 6.03. The summed E-state index contributed by atoms with van der Waals surface area (Å²) in [4.78, 5) is 0. The first kappa shape index (κ1) is 12.4. The first-order valence-electron chi connectivity index (χ1n) is 6.29. The van der Waals surface area contributed by atoms with E-state index in [-0.39, 0.29) is 6.04 Å². The normalized spacial score (nSPS) is 20.5. The number of benzene rings is 1. The van der Waals surface area contributed by atoms with Crippen LogP contribution < -0.4 is 10.5 Å². The van der Waals surface area contributed by atoms with Gasteiger partial charge in [0.1, 0.15) is 5.75 Å². The standard InChI is InChI=1S/C14H21NO2/c1-16-9-4-6-13(15)11-8-10-17-14-7-3-2-5-12(11)14/h2-3,5,7,11,13H,4,6,8-10,15H2,1H3. The zero-order valence-corrected chi connectivity index (χ0v) is 10.4. The molecule has 0 saturated carbocycles. The summed E-state index contributed by atoms with van der Waals surface area (Å²) in [5.74, 6) is 1.43. The fourth-order valence-electron chi connectivity index (χ4n) is 2.48. The maximum Gasteiger partial charge on any atom is 0.122 e. The van der Waals surface area contributed by atoms with Gasteiger partial charge < -0.3 is 15.2 Å². The maximum atomic E-state index is 6.29. The first-order valence-corrected chi connectivity index (χ1v) is 6.29. The van der Waals surface area contributed by atoms with Crippen molar-refractivity contribution in [2.75, 3.05) is 20.3 Å². The van der Waals surface area contributed by atoms with E-state index < -0.39 is 0 Å². The van der Waals surface area contributed by atoms with Crippen molar-refractivity contribution in [3.05, 3.63) is 29.8 Å². The minimum Gasteiger partial charge on any atom is -0.493 e. The molecule has 3 nitrogen and oxygen atoms in total. The SMILES string of the molecule is COCCCC(N)C1CCOc2ccccc21. The highest BCUT2D eigenvalue weighted by Crippen LogP contribution is 2.35. The van der Waals surface area contributed by atoms with Gasteiger partial charge in [0.15, 0.2) is 0 Å². The summed E-state index contributed by atoms with van der Waals surface area (Å²) in [7, 11) is 1.73. The van der Waals surface area contributed by atoms with Crippen LogP contribution in [-0.2, 0) is 4.74 Å². The second-order valence-corrected chi connectivity index (χ2v) is 4.58. The molecule has 1 aromatic rings. The summed E-state index contributed by atoms with van der Waals surface area (Å²) in [5.41, 5.74) is 7.56. The molecule has 2 unspecified atom stereocenters. The van der Waals surface area contributed by atoms with Gasteiger partial charge in [0, 0.05) is 25.7 Å². The molecule has 1 heterocycles. The van der Waals surface area contributed by atoms with Gasteiger partial charge in [-0.1, -0.05) is 18.2 Å². The molecule has 0 bridgehead atoms. The van der Waals surface area contributed by atoms with Crippen LogP contribution >= 0.6 is 0 Å². The van der Waals surface area contributed by atoms with Crippen LogP contribution in [-0.4, -0.2) is 26.4 Å². The number of ether oxygens (including phenoxy) is 2. The largest absolute Gasteiger partial charge is 0.493 e. The highest BCUT2D eigenvalue weighted by Gasteiger charge is 2.25. The van der Waals surface area contributed by atoms with Gasteiger partial charge in [-0.3, -0.25) is 0 Å². The molecule has 0 amide bonds. The van der Waals surface area contributed by atoms with E-state index in [0.29, 0.717) is 5.92 Å². The molecular formula is C14H21NO2. The summed E-state index contributed by atoms with van der Waals surface area (Å²) in [5, 5.41) is 0. The van der Waals surface area contributed by atoms with Gasteiger partial charge in [0.2, 0.25) is 0 Å². The second-order valence-electron chi connectivity index (χ2n) is 4.58. The Kier molecular flexibility index (Phi) is 4.40. The topological polar surface area (TPSA) is 44.5 Å². The lowest BCUT2D eigenvalue weighted by Crippen LogP contribution is -2.32. The van der Waals surface area contributed by atoms with Crippen molar-refractivity contribution in [2.45, 2.75) is 31.2 Å². The van der Waals surface area contributed by atoms with Gasteiger partial charge in [0.25, 0.3) is 0 Å². The number of para-hydroxylation sites is 1. The van der Waals surface area contributed by atoms with Crippen LogP contribution in [0, 0.1) is 0 Å². The molecular weight excluding hydrogens is 214 g/mol. The van der Waals surface area contributed by atoms with Crippen molar-refractivity contribution < 1.29 is 9.47 Å². The van der Waals surface area contributed by atoms with Crippen molar-refractivity contribution in [1.29, 1.82) is 0 Å². The Labute approximate surface area is 103 Å². The van der Waals surface area contributed by atoms with E-state index in [9.17, 15) is 0 Å². The van der Waals surface area contributed by atoms with Gasteiger partial charge in [-0.25, -0.2) is 0 Å². The Morgan fingerprint density at radius 1 is 1.47 bits per heavy atom. The average Bonchev–Trinajstić information content (AvgIpc) is 2.38. The lowest BCUT2D eigenvalue weighted by molar-refractivity contribution is 0.186. The Balaban J connectivity index is 2.02. The lowest BCUT2D eigenvalue weighted by Gasteiger charge is -2.30. The number of nitrogens with two attached hydrogens (primary N) is 1. The van der Waals surface area contributed by atoms with E-state index in [1.807, 2.05) is 12.1 Å². The number of hydrogen-bond acceptors (Lipinski definition) is 3. The van der Waals surface area contributed by atoms with Crippen LogP contribution in [0.2, 0.25) is 0 Å². The van der Waals surface area contributed by atoms with Crippen LogP contribution in [0.3, 0.4) is 0 Å². The Morgan fingerprint density at radius 3 is 3.12 bits per heavy atom. The highest BCUT2D eigenvalue weighted by molar-refractivity contribution is 5.38. The van der Waals surface area contributed by atoms with E-state index in [1.165, 1.54) is 5.56 Å². The maximum absolute atomic E-state index is 6.29. The van der Waals surface area contributed by atoms with Crippen molar-refractivity contribution >= 4 is 0 Å². The summed E-state index contributed by atoms with van der Waals surface area (Å²) >= 11 is 0. The third-order valence-corrected chi connectivity index (χ3v) is 3.41. The monoisotopic (exact) mass is 235 g/mol. The lowest BCUT2D eigenvalue weighted by atomic mass is 9.85. The quantitative estimate of drug-likeness (QED) is 0.796. The molecule has 0 fully saturated rings. The fourth-order valence-corrected chi connectivity index (χ4v) is 2.48. The van der Waals surface area contributed by atoms with E-state index >= 15 is 0 Å². The van der Waals surface area contributed by atoms with Crippen LogP contribution in [0.4, 0.5) is 0 Å². The van der Waals surface area contributed by atoms with Crippen LogP contribution in [0.25, 0.3) is 0 Å². The Bertz CT molecular complexity index is 354. The molecule has 2 N–H and O–H groups in total. The van der Waals surface area contributed by atoms with E-state index in [4.69, 9.17) is 15.2 Å². The molecule has 2 rings (SSSR count). The van der Waals surface area contributed by atoms with Gasteiger partial charge in [0.05, 0.1) is 6.61 Å². The number of rotatable bonds is 5. The number of methoxy groups -OCH3 is 1. The molecule has 2 atom stereocenters. The first-order chi connectivity index (χ1) is 8.33. The van der Waals surface area contributed by atoms with Crippen molar-refractivity contribution in [2.24, 2.45) is 5.73 Å². The number of fused-ring (bicyclic) bond motifs is 1. The summed E-state index contributed by atoms with van der Waals surface area (Å²) in [6.45, 7) is 1.57. The third kappa shape index (κ3) is 2.99. The van der Waals surface area contributed by atoms with E-state index in [1.54, 1.807) is 7.11 Å². The predicted molar refractivity (Wildman–Crippen MR) is 68.4 cm³/mol. The van der Waals surface area contributed by atoms with Gasteiger partial charge >= 0.3 is 0 Å². The van der Waals surface area contributed by atoms with E-state index in [0.717, 1.165) is 38.2 Å². The fraction of sp³-hybridized carbons (Fsp3) is 0.571. The minimum atomic E-state index is 0.204. The molecule has 0 aromatic heterocycles. The molecule has 1 aromatic carbocycles. The molecule has 0 saturated heterocycles. The summed E-state index contributed by atoms with van der Waals surface area (Å²) < 4.78 is 10.7. The molecule has 3 heteroatoms. The number of hydrogen-bond donors (Lipinski definition) is 1. The van der Waals surface area contributed by atoms with Crippen molar-refractivity contribution in [3.63, 3.8) is 0 Å². The smallest absolute Gasteiger partial charge is 0.122 e. The molecule has 94 valence electrons. The average molecular weight is 235 g/mol. The third-order valence-electron chi connectivity index (χ3n) is 3.41. The molecule has 1 aliphatic heterocycles. The molecule has 17 heavy (non-hydrogen) atoms. The Hall–Kier alpha value is -1.06. The zero-order chi connectivity index (χ0) is 12.1. The van der Waals surface area contributed by atoms with Gasteiger partial charge in [-0.05, 0) is 30.9 Å². The van der Waals surface area contributed by atoms with Crippen LogP contribution in [0.5, 0.6) is 5.75 Å². The molecule has 1 aliphatic rings. The molecule has 0 spiro atoms. The highest BCUT2D eigenvalue weighted by atomic mass is 16.5. The Morgan fingerprint density at radius 2 is 2.29 bits per heavy atom. The summed E-state index contributed by atoms with van der Waals surface area (Å²) in [6.07, 6.45) is 3.05. The molecule has 0 radical (unpaired) electrons. The van der Waals surface area contributed by atoms with Crippen molar-refractivity contribution in [3.8, 4) is 5.75 Å². The van der Waals surface area contributed by atoms with Gasteiger partial charge in [-0.2, -0.15) is 0 Å². The predicted octanol–water partition coefficient (Wildman–Crippen LogP) is 2.31. The molecule has 0 aliphatic carbocycles. The van der Waals surface area contributed by atoms with Crippen molar-refractivity contribution in [1.82, 2.24) is 0 Å². The zero-order valence-electron chi connectivity index (χ0n) is 10.4. The van der Waals surface area contributed by atoms with Crippen LogP contribution in [0.1, 0.15) is 30.7 Å². The minimum absolute atomic E-state index is 0.204. The summed E-state index contributed by atoms with van der Waals surface area (Å²) in [6, 6.07) is 8.44. The van der Waals surface area contributed by atoms with Gasteiger partial charge in [-0.15, -0.1) is 0 Å². The van der Waals surface area contributed by atoms with Crippen LogP contribution in [0.15, 0.2) is 24.3 Å². The van der Waals surface area contributed by atoms with E-state index in [2.05, 4.69) is 12.1 Å².